The molecule has 1 atom stereocenters. The number of hydrogen-bond donors (Lipinski definition) is 2. The predicted molar refractivity (Wildman–Crippen MR) is 50.8 cm³/mol. The Morgan fingerprint density at radius 1 is 1.64 bits per heavy atom. The molecule has 5 nitrogen and oxygen atoms in total. The third-order valence-electron chi connectivity index (χ3n) is 2.52. The molecule has 2 N–H and O–H groups in total. The van der Waals surface area contributed by atoms with E-state index in [0.29, 0.717) is 6.54 Å². The minimum Gasteiger partial charge on any atom is -0.481 e. The van der Waals surface area contributed by atoms with Crippen LogP contribution < -0.4 is 5.32 Å². The molecule has 5 heteroatoms. The van der Waals surface area contributed by atoms with Crippen LogP contribution in [0.15, 0.2) is 0 Å². The van der Waals surface area contributed by atoms with Crippen molar-refractivity contribution in [3.05, 3.63) is 0 Å². The molecule has 0 aliphatic carbocycles. The van der Waals surface area contributed by atoms with E-state index in [1.165, 1.54) is 4.90 Å². The maximum atomic E-state index is 11.7. The summed E-state index contributed by atoms with van der Waals surface area (Å²) >= 11 is 0. The number of likely N-dealkylation sites (N-methyl/N-ethyl adjacent to an activating group) is 1. The number of amides is 1. The van der Waals surface area contributed by atoms with Gasteiger partial charge in [-0.15, -0.1) is 0 Å². The van der Waals surface area contributed by atoms with E-state index < -0.39 is 17.4 Å². The monoisotopic (exact) mass is 200 g/mol. The number of carboxylic acids is 1. The summed E-state index contributed by atoms with van der Waals surface area (Å²) in [4.78, 5) is 24.0. The number of nitrogens with one attached hydrogen (secondary N) is 1. The third-order valence-corrected chi connectivity index (χ3v) is 2.52. The van der Waals surface area contributed by atoms with Crippen LogP contribution in [-0.4, -0.2) is 47.6 Å². The van der Waals surface area contributed by atoms with Crippen molar-refractivity contribution >= 4 is 11.9 Å². The van der Waals surface area contributed by atoms with Crippen molar-refractivity contribution in [2.24, 2.45) is 5.92 Å². The van der Waals surface area contributed by atoms with Gasteiger partial charge < -0.3 is 15.3 Å². The lowest BCUT2D eigenvalue weighted by atomic mass is 10.0. The van der Waals surface area contributed by atoms with Crippen LogP contribution in [0.3, 0.4) is 0 Å². The van der Waals surface area contributed by atoms with Gasteiger partial charge in [-0.3, -0.25) is 9.59 Å². The molecule has 0 saturated carbocycles. The zero-order chi connectivity index (χ0) is 10.9. The van der Waals surface area contributed by atoms with E-state index in [1.807, 2.05) is 0 Å². The van der Waals surface area contributed by atoms with E-state index in [1.54, 1.807) is 20.9 Å². The van der Waals surface area contributed by atoms with Crippen molar-refractivity contribution in [3.63, 3.8) is 0 Å². The largest absolute Gasteiger partial charge is 0.481 e. The first-order chi connectivity index (χ1) is 6.34. The van der Waals surface area contributed by atoms with Gasteiger partial charge >= 0.3 is 5.97 Å². The number of aliphatic carboxylic acids is 1. The average molecular weight is 200 g/mol. The topological polar surface area (TPSA) is 69.6 Å². The van der Waals surface area contributed by atoms with Gasteiger partial charge in [0.2, 0.25) is 5.91 Å². The van der Waals surface area contributed by atoms with Gasteiger partial charge in [-0.2, -0.15) is 0 Å². The highest BCUT2D eigenvalue weighted by Crippen LogP contribution is 2.14. The summed E-state index contributed by atoms with van der Waals surface area (Å²) in [5.74, 6) is -1.46. The molecule has 0 aromatic rings. The quantitative estimate of drug-likeness (QED) is 0.600. The second-order valence-electron chi connectivity index (χ2n) is 4.23. The molecule has 1 unspecified atom stereocenters. The summed E-state index contributed by atoms with van der Waals surface area (Å²) in [6, 6.07) is 0. The fourth-order valence-electron chi connectivity index (χ4n) is 1.57. The summed E-state index contributed by atoms with van der Waals surface area (Å²) in [5.41, 5.74) is -0.668. The van der Waals surface area contributed by atoms with Crippen molar-refractivity contribution in [3.8, 4) is 0 Å². The van der Waals surface area contributed by atoms with Crippen molar-refractivity contribution in [1.29, 1.82) is 0 Å². The fraction of sp³-hybridized carbons (Fsp3) is 0.778. The molecule has 80 valence electrons. The maximum absolute atomic E-state index is 11.7. The van der Waals surface area contributed by atoms with Crippen molar-refractivity contribution in [1.82, 2.24) is 10.2 Å². The third kappa shape index (κ3) is 2.04. The highest BCUT2D eigenvalue weighted by Gasteiger charge is 2.36. The molecule has 1 fully saturated rings. The summed E-state index contributed by atoms with van der Waals surface area (Å²) < 4.78 is 0. The lowest BCUT2D eigenvalue weighted by Gasteiger charge is -2.25. The average Bonchev–Trinajstić information content (AvgIpc) is 2.17. The predicted octanol–water partition coefficient (Wildman–Crippen LogP) is -0.473. The molecule has 1 amide bonds. The first kappa shape index (κ1) is 11.0. The van der Waals surface area contributed by atoms with E-state index in [0.717, 1.165) is 0 Å². The van der Waals surface area contributed by atoms with Gasteiger partial charge in [0.1, 0.15) is 0 Å². The van der Waals surface area contributed by atoms with Gasteiger partial charge in [-0.05, 0) is 13.8 Å². The second-order valence-corrected chi connectivity index (χ2v) is 4.23. The van der Waals surface area contributed by atoms with Gasteiger partial charge in [0.25, 0.3) is 0 Å². The lowest BCUT2D eigenvalue weighted by molar-refractivity contribution is -0.142. The Bertz CT molecular complexity index is 263. The Balaban J connectivity index is 2.82. The molecular formula is C9H16N2O3. The van der Waals surface area contributed by atoms with E-state index >= 15 is 0 Å². The van der Waals surface area contributed by atoms with E-state index in [9.17, 15) is 9.59 Å². The van der Waals surface area contributed by atoms with E-state index in [-0.39, 0.29) is 12.5 Å². The van der Waals surface area contributed by atoms with E-state index in [4.69, 9.17) is 5.11 Å². The summed E-state index contributed by atoms with van der Waals surface area (Å²) in [6.45, 7) is 4.12. The molecule has 1 rings (SSSR count). The van der Waals surface area contributed by atoms with Crippen molar-refractivity contribution in [2.45, 2.75) is 19.4 Å². The number of carbonyl (C=O) groups is 2. The Morgan fingerprint density at radius 2 is 2.21 bits per heavy atom. The van der Waals surface area contributed by atoms with E-state index in [2.05, 4.69) is 5.32 Å². The SMILES string of the molecule is CN1CC(C(=O)O)CNC(C)(C)C1=O. The van der Waals surface area contributed by atoms with Crippen LogP contribution in [0.1, 0.15) is 13.8 Å². The number of carboxylic acid groups (broad SMARTS) is 1. The van der Waals surface area contributed by atoms with Crippen LogP contribution in [-0.2, 0) is 9.59 Å². The normalized spacial score (nSPS) is 27.2. The summed E-state index contributed by atoms with van der Waals surface area (Å²) in [6.07, 6.45) is 0. The van der Waals surface area contributed by atoms with Crippen LogP contribution in [0.4, 0.5) is 0 Å². The zero-order valence-corrected chi connectivity index (χ0v) is 8.70. The van der Waals surface area contributed by atoms with Crippen LogP contribution in [0.5, 0.6) is 0 Å². The first-order valence-electron chi connectivity index (χ1n) is 4.58. The van der Waals surface area contributed by atoms with Gasteiger partial charge in [0, 0.05) is 20.1 Å². The van der Waals surface area contributed by atoms with Crippen molar-refractivity contribution in [2.75, 3.05) is 20.1 Å². The van der Waals surface area contributed by atoms with Crippen LogP contribution in [0.25, 0.3) is 0 Å². The Labute approximate surface area is 83.1 Å². The van der Waals surface area contributed by atoms with Gasteiger partial charge in [-0.1, -0.05) is 0 Å². The number of carbonyl (C=O) groups excluding carboxylic acids is 1. The molecule has 1 saturated heterocycles. The number of rotatable bonds is 1. The zero-order valence-electron chi connectivity index (χ0n) is 8.70. The lowest BCUT2D eigenvalue weighted by Crippen LogP contribution is -2.50. The van der Waals surface area contributed by atoms with Crippen LogP contribution in [0.2, 0.25) is 0 Å². The molecule has 1 aliphatic heterocycles. The number of nitrogens with zero attached hydrogens (tertiary/aromatic N) is 1. The Kier molecular flexibility index (Phi) is 2.80. The molecule has 0 aromatic heterocycles. The van der Waals surface area contributed by atoms with Crippen LogP contribution in [0, 0.1) is 5.92 Å². The maximum Gasteiger partial charge on any atom is 0.309 e. The molecular weight excluding hydrogens is 184 g/mol. The minimum atomic E-state index is -0.866. The van der Waals surface area contributed by atoms with Gasteiger partial charge in [0.15, 0.2) is 0 Å². The summed E-state index contributed by atoms with van der Waals surface area (Å²) in [7, 11) is 1.63. The molecule has 14 heavy (non-hydrogen) atoms. The molecule has 0 bridgehead atoms. The Hall–Kier alpha value is -1.10. The fourth-order valence-corrected chi connectivity index (χ4v) is 1.57. The summed E-state index contributed by atoms with van der Waals surface area (Å²) in [5, 5.41) is 11.8. The van der Waals surface area contributed by atoms with Gasteiger partial charge in [-0.25, -0.2) is 0 Å². The molecule has 0 aromatic carbocycles. The van der Waals surface area contributed by atoms with Crippen molar-refractivity contribution < 1.29 is 14.7 Å². The molecule has 0 radical (unpaired) electrons. The molecule has 1 heterocycles. The Morgan fingerprint density at radius 3 is 2.71 bits per heavy atom. The van der Waals surface area contributed by atoms with Crippen LogP contribution >= 0.6 is 0 Å². The first-order valence-corrected chi connectivity index (χ1v) is 4.58. The second kappa shape index (κ2) is 3.57. The standard InChI is InChI=1S/C9H16N2O3/c1-9(2)8(14)11(3)5-6(4-10-9)7(12)13/h6,10H,4-5H2,1-3H3,(H,12,13). The highest BCUT2D eigenvalue weighted by atomic mass is 16.4. The molecule has 1 aliphatic rings. The molecule has 0 spiro atoms. The van der Waals surface area contributed by atoms with Gasteiger partial charge in [0.05, 0.1) is 11.5 Å². The smallest absolute Gasteiger partial charge is 0.309 e. The minimum absolute atomic E-state index is 0.0683. The highest BCUT2D eigenvalue weighted by molar-refractivity contribution is 5.86. The number of hydrogen-bond acceptors (Lipinski definition) is 3.